The van der Waals surface area contributed by atoms with Crippen molar-refractivity contribution >= 4 is 18.3 Å². The lowest BCUT2D eigenvalue weighted by Crippen LogP contribution is -2.44. The normalized spacial score (nSPS) is 15.6. The fraction of sp³-hybridized carbons (Fsp3) is 0.400. The number of nitrogens with two attached hydrogens (primary N) is 1. The summed E-state index contributed by atoms with van der Waals surface area (Å²) in [5.41, 5.74) is 7.05. The van der Waals surface area contributed by atoms with Crippen molar-refractivity contribution in [3.8, 4) is 11.5 Å². The molecule has 0 atom stereocenters. The molecule has 1 heterocycles. The lowest BCUT2D eigenvalue weighted by Gasteiger charge is -2.34. The first-order valence-corrected chi connectivity index (χ1v) is 6.95. The summed E-state index contributed by atoms with van der Waals surface area (Å²) in [7, 11) is 3.43. The Balaban J connectivity index is 0.00000176. The molecule has 3 rings (SSSR count). The zero-order valence-electron chi connectivity index (χ0n) is 12.6. The molecule has 2 N–H and O–H groups in total. The first-order chi connectivity index (χ1) is 9.99. The molecule has 2 aromatic rings. The van der Waals surface area contributed by atoms with E-state index < -0.39 is 5.54 Å². The van der Waals surface area contributed by atoms with E-state index in [1.54, 1.807) is 32.3 Å². The highest BCUT2D eigenvalue weighted by atomic mass is 35.5. The smallest absolute Gasteiger partial charge is 0.258 e. The standard InChI is InChI=1S/C15H18N4O2.ClH/c1-19(2)13(20)11-6-3-5-10(9-11)12-17-14(18-21-12)15(16)7-4-8-15;/h3,5-6,9H,4,7-8,16H2,1-2H3;1H. The number of hydrogen-bond acceptors (Lipinski definition) is 5. The summed E-state index contributed by atoms with van der Waals surface area (Å²) in [4.78, 5) is 17.9. The Morgan fingerprint density at radius 2 is 2.09 bits per heavy atom. The maximum atomic E-state index is 12.0. The van der Waals surface area contributed by atoms with Crippen molar-refractivity contribution in [1.29, 1.82) is 0 Å². The van der Waals surface area contributed by atoms with Gasteiger partial charge < -0.3 is 15.2 Å². The van der Waals surface area contributed by atoms with Crippen LogP contribution < -0.4 is 5.73 Å². The van der Waals surface area contributed by atoms with E-state index in [0.717, 1.165) is 24.8 Å². The Hall–Kier alpha value is -1.92. The molecule has 0 bridgehead atoms. The zero-order valence-corrected chi connectivity index (χ0v) is 13.4. The molecule has 1 aromatic heterocycles. The lowest BCUT2D eigenvalue weighted by atomic mass is 9.77. The number of carbonyl (C=O) groups is 1. The molecular formula is C15H19ClN4O2. The molecule has 1 aliphatic carbocycles. The van der Waals surface area contributed by atoms with Crippen LogP contribution in [-0.4, -0.2) is 35.0 Å². The number of benzene rings is 1. The quantitative estimate of drug-likeness (QED) is 0.936. The van der Waals surface area contributed by atoms with Gasteiger partial charge in [0, 0.05) is 25.2 Å². The molecule has 0 saturated heterocycles. The zero-order chi connectivity index (χ0) is 15.0. The van der Waals surface area contributed by atoms with E-state index in [1.165, 1.54) is 4.90 Å². The average molecular weight is 323 g/mol. The van der Waals surface area contributed by atoms with Crippen molar-refractivity contribution in [2.45, 2.75) is 24.8 Å². The van der Waals surface area contributed by atoms with Crippen LogP contribution in [0.4, 0.5) is 0 Å². The summed E-state index contributed by atoms with van der Waals surface area (Å²) in [5.74, 6) is 0.883. The fourth-order valence-electron chi connectivity index (χ4n) is 2.37. The van der Waals surface area contributed by atoms with E-state index in [0.29, 0.717) is 17.3 Å². The van der Waals surface area contributed by atoms with E-state index in [1.807, 2.05) is 6.07 Å². The van der Waals surface area contributed by atoms with Crippen molar-refractivity contribution in [2.24, 2.45) is 5.73 Å². The summed E-state index contributed by atoms with van der Waals surface area (Å²) < 4.78 is 5.30. The molecule has 1 aromatic carbocycles. The number of rotatable bonds is 3. The maximum Gasteiger partial charge on any atom is 0.258 e. The van der Waals surface area contributed by atoms with Crippen LogP contribution in [0.25, 0.3) is 11.5 Å². The van der Waals surface area contributed by atoms with Gasteiger partial charge >= 0.3 is 0 Å². The van der Waals surface area contributed by atoms with Crippen molar-refractivity contribution in [2.75, 3.05) is 14.1 Å². The molecule has 1 saturated carbocycles. The molecule has 0 unspecified atom stereocenters. The van der Waals surface area contributed by atoms with E-state index in [2.05, 4.69) is 10.1 Å². The van der Waals surface area contributed by atoms with Crippen LogP contribution in [-0.2, 0) is 5.54 Å². The molecular weight excluding hydrogens is 304 g/mol. The van der Waals surface area contributed by atoms with Gasteiger partial charge in [0.05, 0.1) is 5.54 Å². The SMILES string of the molecule is CN(C)C(=O)c1cccc(-c2nc(C3(N)CCC3)no2)c1.Cl. The topological polar surface area (TPSA) is 85.2 Å². The van der Waals surface area contributed by atoms with Crippen molar-refractivity contribution in [3.63, 3.8) is 0 Å². The molecule has 118 valence electrons. The highest BCUT2D eigenvalue weighted by molar-refractivity contribution is 5.94. The Labute approximate surface area is 135 Å². The maximum absolute atomic E-state index is 12.0. The molecule has 0 radical (unpaired) electrons. The minimum atomic E-state index is -0.446. The number of aromatic nitrogens is 2. The van der Waals surface area contributed by atoms with Crippen molar-refractivity contribution in [3.05, 3.63) is 35.7 Å². The number of nitrogens with zero attached hydrogens (tertiary/aromatic N) is 3. The van der Waals surface area contributed by atoms with Gasteiger partial charge in [0.25, 0.3) is 11.8 Å². The molecule has 6 nitrogen and oxygen atoms in total. The van der Waals surface area contributed by atoms with E-state index in [9.17, 15) is 4.79 Å². The Kier molecular flexibility index (Phi) is 4.53. The minimum Gasteiger partial charge on any atom is -0.345 e. The average Bonchev–Trinajstić information content (AvgIpc) is 2.94. The predicted octanol–water partition coefficient (Wildman–Crippen LogP) is 2.20. The van der Waals surface area contributed by atoms with Crippen LogP contribution in [0.1, 0.15) is 35.4 Å². The van der Waals surface area contributed by atoms with Gasteiger partial charge in [0.15, 0.2) is 5.82 Å². The fourth-order valence-corrected chi connectivity index (χ4v) is 2.37. The van der Waals surface area contributed by atoms with Crippen LogP contribution in [0.5, 0.6) is 0 Å². The Morgan fingerprint density at radius 3 is 2.68 bits per heavy atom. The van der Waals surface area contributed by atoms with Crippen molar-refractivity contribution in [1.82, 2.24) is 15.0 Å². The second-order valence-electron chi connectivity index (χ2n) is 5.71. The predicted molar refractivity (Wildman–Crippen MR) is 84.7 cm³/mol. The van der Waals surface area contributed by atoms with Crippen LogP contribution in [0.3, 0.4) is 0 Å². The van der Waals surface area contributed by atoms with E-state index in [-0.39, 0.29) is 18.3 Å². The largest absolute Gasteiger partial charge is 0.345 e. The third-order valence-corrected chi connectivity index (χ3v) is 3.88. The van der Waals surface area contributed by atoms with Crippen molar-refractivity contribution < 1.29 is 9.32 Å². The van der Waals surface area contributed by atoms with Gasteiger partial charge in [-0.05, 0) is 37.5 Å². The Morgan fingerprint density at radius 1 is 1.36 bits per heavy atom. The lowest BCUT2D eigenvalue weighted by molar-refractivity contribution is 0.0827. The second kappa shape index (κ2) is 6.06. The first-order valence-electron chi connectivity index (χ1n) is 6.95. The third kappa shape index (κ3) is 2.84. The van der Waals surface area contributed by atoms with Crippen LogP contribution in [0, 0.1) is 0 Å². The molecule has 0 aliphatic heterocycles. The summed E-state index contributed by atoms with van der Waals surface area (Å²) in [5, 5.41) is 3.99. The number of halogens is 1. The molecule has 1 fully saturated rings. The summed E-state index contributed by atoms with van der Waals surface area (Å²) >= 11 is 0. The van der Waals surface area contributed by atoms with Crippen LogP contribution in [0.2, 0.25) is 0 Å². The number of carbonyl (C=O) groups excluding carboxylic acids is 1. The summed E-state index contributed by atoms with van der Waals surface area (Å²) in [6.07, 6.45) is 2.85. The Bertz CT molecular complexity index is 680. The van der Waals surface area contributed by atoms with Gasteiger partial charge in [-0.3, -0.25) is 4.79 Å². The minimum absolute atomic E-state index is 0. The molecule has 1 amide bonds. The molecule has 7 heteroatoms. The van der Waals surface area contributed by atoms with E-state index >= 15 is 0 Å². The van der Waals surface area contributed by atoms with Gasteiger partial charge in [-0.15, -0.1) is 12.4 Å². The number of hydrogen-bond donors (Lipinski definition) is 1. The van der Waals surface area contributed by atoms with Gasteiger partial charge in [-0.2, -0.15) is 4.98 Å². The summed E-state index contributed by atoms with van der Waals surface area (Å²) in [6.45, 7) is 0. The van der Waals surface area contributed by atoms with Gasteiger partial charge in [-0.1, -0.05) is 11.2 Å². The van der Waals surface area contributed by atoms with E-state index in [4.69, 9.17) is 10.3 Å². The third-order valence-electron chi connectivity index (χ3n) is 3.88. The summed E-state index contributed by atoms with van der Waals surface area (Å²) in [6, 6.07) is 7.16. The van der Waals surface area contributed by atoms with Crippen LogP contribution >= 0.6 is 12.4 Å². The van der Waals surface area contributed by atoms with Crippen LogP contribution in [0.15, 0.2) is 28.8 Å². The number of amides is 1. The molecule has 0 spiro atoms. The second-order valence-corrected chi connectivity index (χ2v) is 5.71. The van der Waals surface area contributed by atoms with Gasteiger partial charge in [0.2, 0.25) is 0 Å². The van der Waals surface area contributed by atoms with Gasteiger partial charge in [0.1, 0.15) is 0 Å². The monoisotopic (exact) mass is 322 g/mol. The highest BCUT2D eigenvalue weighted by Crippen LogP contribution is 2.37. The molecule has 22 heavy (non-hydrogen) atoms. The highest BCUT2D eigenvalue weighted by Gasteiger charge is 2.39. The first kappa shape index (κ1) is 16.5. The van der Waals surface area contributed by atoms with Gasteiger partial charge in [-0.25, -0.2) is 0 Å². The molecule has 1 aliphatic rings.